The highest BCUT2D eigenvalue weighted by atomic mass is 15.1. The lowest BCUT2D eigenvalue weighted by atomic mass is 9.88. The first-order valence-electron chi connectivity index (χ1n) is 7.22. The third kappa shape index (κ3) is 6.71. The molecule has 2 nitrogen and oxygen atoms in total. The van der Waals surface area contributed by atoms with Crippen LogP contribution in [-0.2, 0) is 0 Å². The van der Waals surface area contributed by atoms with E-state index in [9.17, 15) is 0 Å². The van der Waals surface area contributed by atoms with Gasteiger partial charge in [-0.05, 0) is 44.7 Å². The van der Waals surface area contributed by atoms with Crippen molar-refractivity contribution < 1.29 is 0 Å². The fraction of sp³-hybridized carbons (Fsp3) is 0.867. The first-order chi connectivity index (χ1) is 8.36. The van der Waals surface area contributed by atoms with Gasteiger partial charge in [-0.3, -0.25) is 0 Å². The van der Waals surface area contributed by atoms with E-state index in [1.807, 2.05) is 0 Å². The quantitative estimate of drug-likeness (QED) is 0.747. The Kier molecular flexibility index (Phi) is 8.13. The van der Waals surface area contributed by atoms with Crippen molar-refractivity contribution in [1.29, 1.82) is 0 Å². The van der Waals surface area contributed by atoms with E-state index in [2.05, 4.69) is 17.2 Å². The van der Waals surface area contributed by atoms with Crippen LogP contribution < -0.4 is 5.73 Å². The number of hydrogen-bond donors (Lipinski definition) is 1. The molecule has 98 valence electrons. The summed E-state index contributed by atoms with van der Waals surface area (Å²) in [6, 6.07) is 0. The van der Waals surface area contributed by atoms with Crippen molar-refractivity contribution in [3.05, 3.63) is 0 Å². The summed E-state index contributed by atoms with van der Waals surface area (Å²) in [5.41, 5.74) is 4.79. The molecule has 0 radical (unpaired) electrons. The molecule has 2 rings (SSSR count). The van der Waals surface area contributed by atoms with Crippen LogP contribution in [0.2, 0.25) is 0 Å². The maximum absolute atomic E-state index is 4.79. The number of hydrogen-bond acceptors (Lipinski definition) is 2. The van der Waals surface area contributed by atoms with Gasteiger partial charge in [-0.25, -0.2) is 0 Å². The summed E-state index contributed by atoms with van der Waals surface area (Å²) in [7, 11) is 0. The average Bonchev–Trinajstić information content (AvgIpc) is 2.41. The van der Waals surface area contributed by atoms with Crippen molar-refractivity contribution in [1.82, 2.24) is 4.90 Å². The maximum atomic E-state index is 4.79. The molecule has 2 aliphatic rings. The van der Waals surface area contributed by atoms with Gasteiger partial charge in [-0.1, -0.05) is 31.6 Å². The largest absolute Gasteiger partial charge is 0.320 e. The van der Waals surface area contributed by atoms with Crippen LogP contribution in [0.1, 0.15) is 51.4 Å². The van der Waals surface area contributed by atoms with Crippen molar-refractivity contribution in [2.45, 2.75) is 51.4 Å². The van der Waals surface area contributed by atoms with E-state index in [4.69, 9.17) is 5.73 Å². The number of likely N-dealkylation sites (tertiary alicyclic amines) is 1. The highest BCUT2D eigenvalue weighted by Gasteiger charge is 2.18. The minimum absolute atomic E-state index is 0.347. The monoisotopic (exact) mass is 236 g/mol. The van der Waals surface area contributed by atoms with Gasteiger partial charge in [0.25, 0.3) is 0 Å². The zero-order chi connectivity index (χ0) is 12.3. The zero-order valence-corrected chi connectivity index (χ0v) is 11.2. The van der Waals surface area contributed by atoms with Gasteiger partial charge in [-0.15, -0.1) is 6.42 Å². The zero-order valence-electron chi connectivity index (χ0n) is 11.2. The second-order valence-electron chi connectivity index (χ2n) is 5.27. The summed E-state index contributed by atoms with van der Waals surface area (Å²) in [5, 5.41) is 0. The molecule has 17 heavy (non-hydrogen) atoms. The first-order valence-corrected chi connectivity index (χ1v) is 7.22. The molecule has 0 aromatic rings. The third-order valence-electron chi connectivity index (χ3n) is 3.81. The fourth-order valence-electron chi connectivity index (χ4n) is 2.88. The molecule has 1 aliphatic heterocycles. The molecule has 1 aliphatic carbocycles. The van der Waals surface area contributed by atoms with Crippen LogP contribution >= 0.6 is 0 Å². The molecule has 1 saturated carbocycles. The molecule has 0 spiro atoms. The lowest BCUT2D eigenvalue weighted by Crippen LogP contribution is -2.34. The Balaban J connectivity index is 0.000000317. The van der Waals surface area contributed by atoms with E-state index in [1.54, 1.807) is 0 Å². The predicted molar refractivity (Wildman–Crippen MR) is 74.8 cm³/mol. The number of piperidine rings is 1. The molecule has 0 aromatic heterocycles. The van der Waals surface area contributed by atoms with Gasteiger partial charge in [0.1, 0.15) is 0 Å². The molecule has 0 atom stereocenters. The van der Waals surface area contributed by atoms with Crippen LogP contribution in [0.3, 0.4) is 0 Å². The van der Waals surface area contributed by atoms with Gasteiger partial charge in [0.15, 0.2) is 0 Å². The Morgan fingerprint density at radius 3 is 2.06 bits per heavy atom. The minimum atomic E-state index is 0.347. The van der Waals surface area contributed by atoms with E-state index in [0.717, 1.165) is 5.92 Å². The molecule has 0 bridgehead atoms. The van der Waals surface area contributed by atoms with E-state index < -0.39 is 0 Å². The molecule has 1 heterocycles. The maximum Gasteiger partial charge on any atom is 0.0548 e. The number of terminal acetylenes is 1. The summed E-state index contributed by atoms with van der Waals surface area (Å²) in [4.78, 5) is 2.71. The molecule has 0 aromatic carbocycles. The van der Waals surface area contributed by atoms with E-state index in [1.165, 1.54) is 71.0 Å². The summed E-state index contributed by atoms with van der Waals surface area (Å²) >= 11 is 0. The average molecular weight is 236 g/mol. The first kappa shape index (κ1) is 14.5. The third-order valence-corrected chi connectivity index (χ3v) is 3.81. The molecule has 2 heteroatoms. The van der Waals surface area contributed by atoms with Crippen LogP contribution in [0.4, 0.5) is 0 Å². The normalized spacial score (nSPS) is 22.4. The smallest absolute Gasteiger partial charge is 0.0548 e. The number of rotatable bonds is 2. The molecule has 2 fully saturated rings. The van der Waals surface area contributed by atoms with Gasteiger partial charge in [0.2, 0.25) is 0 Å². The van der Waals surface area contributed by atoms with Crippen LogP contribution in [0.15, 0.2) is 0 Å². The van der Waals surface area contributed by atoms with Crippen LogP contribution in [-0.4, -0.2) is 31.1 Å². The Bertz CT molecular complexity index is 191. The van der Waals surface area contributed by atoms with E-state index in [0.29, 0.717) is 6.54 Å². The van der Waals surface area contributed by atoms with Gasteiger partial charge in [0, 0.05) is 6.54 Å². The van der Waals surface area contributed by atoms with Crippen LogP contribution in [0.5, 0.6) is 0 Å². The summed E-state index contributed by atoms with van der Waals surface area (Å²) < 4.78 is 0. The molecule has 1 saturated heterocycles. The van der Waals surface area contributed by atoms with Gasteiger partial charge < -0.3 is 10.6 Å². The number of nitrogens with zero attached hydrogens (tertiary/aromatic N) is 1. The highest BCUT2D eigenvalue weighted by Crippen LogP contribution is 2.25. The lowest BCUT2D eigenvalue weighted by molar-refractivity contribution is 0.174. The number of nitrogens with two attached hydrogens (primary N) is 1. The van der Waals surface area contributed by atoms with E-state index in [-0.39, 0.29) is 0 Å². The predicted octanol–water partition coefficient (Wildman–Crippen LogP) is 2.63. The van der Waals surface area contributed by atoms with Gasteiger partial charge in [-0.2, -0.15) is 0 Å². The van der Waals surface area contributed by atoms with Crippen molar-refractivity contribution in [2.75, 3.05) is 26.2 Å². The Morgan fingerprint density at radius 2 is 1.53 bits per heavy atom. The van der Waals surface area contributed by atoms with Crippen LogP contribution in [0, 0.1) is 18.3 Å². The summed E-state index contributed by atoms with van der Waals surface area (Å²) in [5.74, 6) is 3.26. The Morgan fingerprint density at radius 1 is 1.00 bits per heavy atom. The molecule has 2 N–H and O–H groups in total. The minimum Gasteiger partial charge on any atom is -0.320 e. The van der Waals surface area contributed by atoms with Crippen LogP contribution in [0.25, 0.3) is 0 Å². The Hall–Kier alpha value is -0.520. The molecular formula is C15H28N2. The van der Waals surface area contributed by atoms with Crippen molar-refractivity contribution in [3.63, 3.8) is 0 Å². The lowest BCUT2D eigenvalue weighted by Gasteiger charge is -2.32. The second kappa shape index (κ2) is 9.50. The van der Waals surface area contributed by atoms with Crippen molar-refractivity contribution >= 4 is 0 Å². The summed E-state index contributed by atoms with van der Waals surface area (Å²) in [6.45, 7) is 4.53. The van der Waals surface area contributed by atoms with Gasteiger partial charge in [0.05, 0.1) is 6.54 Å². The van der Waals surface area contributed by atoms with Crippen molar-refractivity contribution in [3.8, 4) is 12.3 Å². The molecule has 0 amide bonds. The van der Waals surface area contributed by atoms with Gasteiger partial charge >= 0.3 is 0 Å². The SMILES string of the molecule is C#CCN.C1CCC(CN2CCCCC2)CC1. The highest BCUT2D eigenvalue weighted by molar-refractivity contribution is 4.83. The Labute approximate surface area is 107 Å². The topological polar surface area (TPSA) is 29.3 Å². The molecular weight excluding hydrogens is 208 g/mol. The van der Waals surface area contributed by atoms with Crippen molar-refractivity contribution in [2.24, 2.45) is 11.7 Å². The second-order valence-corrected chi connectivity index (χ2v) is 5.27. The molecule has 0 unspecified atom stereocenters. The fourth-order valence-corrected chi connectivity index (χ4v) is 2.88. The summed E-state index contributed by atoms with van der Waals surface area (Å²) in [6.07, 6.45) is 16.5. The van der Waals surface area contributed by atoms with E-state index >= 15 is 0 Å². The standard InChI is InChI=1S/C12H23N.C3H5N/c1-3-7-12(8-4-1)11-13-9-5-2-6-10-13;1-2-3-4/h12H,1-11H2;1H,3-4H2.